The number of carboxylic acids is 1. The van der Waals surface area contributed by atoms with Gasteiger partial charge in [-0.2, -0.15) is 18.3 Å². The van der Waals surface area contributed by atoms with Gasteiger partial charge in [-0.25, -0.2) is 13.1 Å². The number of nitrogens with zero attached hydrogens (tertiary/aromatic N) is 2. The Bertz CT molecular complexity index is 1290. The molecule has 11 heteroatoms. The third kappa shape index (κ3) is 4.93. The molecule has 0 fully saturated rings. The molecule has 0 bridgehead atoms. The molecule has 0 saturated heterocycles. The summed E-state index contributed by atoms with van der Waals surface area (Å²) < 4.78 is 70.7. The fraction of sp³-hybridized carbons (Fsp3) is 0.273. The number of hydrogen-bond donors (Lipinski definition) is 2. The zero-order valence-corrected chi connectivity index (χ0v) is 18.0. The van der Waals surface area contributed by atoms with Crippen LogP contribution in [0, 0.1) is 0 Å². The second-order valence-electron chi connectivity index (χ2n) is 7.77. The number of aliphatic carboxylic acids is 1. The number of carboxylic acid groups (broad SMARTS) is 1. The Kier molecular flexibility index (Phi) is 6.02. The standard InChI is InChI=1S/C22H20F3N3O4S/c23-22(24,25)16-9-15(14-5-2-1-3-6-14)10-17(11-16)33(31,32)27-19-7-4-8-20-18(19)12-26-28(20)13-21(29)30/h1-3,5-6,9-12,19,27H,4,7-8,13H2,(H,29,30). The molecular weight excluding hydrogens is 459 g/mol. The van der Waals surface area contributed by atoms with Gasteiger partial charge in [0.1, 0.15) is 6.54 Å². The van der Waals surface area contributed by atoms with E-state index in [0.717, 1.165) is 6.07 Å². The fourth-order valence-corrected chi connectivity index (χ4v) is 5.30. The summed E-state index contributed by atoms with van der Waals surface area (Å²) in [5.41, 5.74) is 0.647. The number of nitrogens with one attached hydrogen (secondary N) is 1. The van der Waals surface area contributed by atoms with E-state index in [1.165, 1.54) is 16.9 Å². The Morgan fingerprint density at radius 1 is 1.15 bits per heavy atom. The van der Waals surface area contributed by atoms with Gasteiger partial charge in [-0.1, -0.05) is 30.3 Å². The van der Waals surface area contributed by atoms with E-state index in [1.807, 2.05) is 0 Å². The molecule has 1 aliphatic rings. The molecule has 1 unspecified atom stereocenters. The van der Waals surface area contributed by atoms with E-state index in [2.05, 4.69) is 9.82 Å². The zero-order chi connectivity index (χ0) is 23.8. The van der Waals surface area contributed by atoms with Gasteiger partial charge in [-0.15, -0.1) is 0 Å². The van der Waals surface area contributed by atoms with Crippen molar-refractivity contribution >= 4 is 16.0 Å². The molecule has 7 nitrogen and oxygen atoms in total. The minimum Gasteiger partial charge on any atom is -0.480 e. The molecule has 2 N–H and O–H groups in total. The van der Waals surface area contributed by atoms with Crippen LogP contribution in [0.15, 0.2) is 59.6 Å². The van der Waals surface area contributed by atoms with Crippen LogP contribution in [0.4, 0.5) is 13.2 Å². The Balaban J connectivity index is 1.71. The van der Waals surface area contributed by atoms with E-state index in [0.29, 0.717) is 42.1 Å². The molecule has 174 valence electrons. The Hall–Kier alpha value is -3.18. The highest BCUT2D eigenvalue weighted by atomic mass is 32.2. The number of aromatic nitrogens is 2. The van der Waals surface area contributed by atoms with E-state index in [-0.39, 0.29) is 12.1 Å². The quantitative estimate of drug-likeness (QED) is 0.556. The third-order valence-electron chi connectivity index (χ3n) is 5.50. The summed E-state index contributed by atoms with van der Waals surface area (Å²) in [5, 5.41) is 13.1. The third-order valence-corrected chi connectivity index (χ3v) is 6.95. The Morgan fingerprint density at radius 3 is 2.55 bits per heavy atom. The van der Waals surface area contributed by atoms with Crippen LogP contribution in [0.5, 0.6) is 0 Å². The van der Waals surface area contributed by atoms with E-state index < -0.39 is 38.7 Å². The zero-order valence-electron chi connectivity index (χ0n) is 17.2. The smallest absolute Gasteiger partial charge is 0.416 e. The van der Waals surface area contributed by atoms with Gasteiger partial charge < -0.3 is 5.11 Å². The number of halogens is 3. The number of carbonyl (C=O) groups is 1. The van der Waals surface area contributed by atoms with Gasteiger partial charge in [0, 0.05) is 11.3 Å². The van der Waals surface area contributed by atoms with Gasteiger partial charge in [0.25, 0.3) is 0 Å². The minimum atomic E-state index is -4.73. The van der Waals surface area contributed by atoms with Crippen molar-refractivity contribution in [1.82, 2.24) is 14.5 Å². The maximum absolute atomic E-state index is 13.5. The van der Waals surface area contributed by atoms with Crippen LogP contribution in [0.25, 0.3) is 11.1 Å². The predicted molar refractivity (Wildman–Crippen MR) is 113 cm³/mol. The first kappa shape index (κ1) is 23.0. The summed E-state index contributed by atoms with van der Waals surface area (Å²) in [6, 6.07) is 10.2. The van der Waals surface area contributed by atoms with Crippen LogP contribution >= 0.6 is 0 Å². The average molecular weight is 479 g/mol. The summed E-state index contributed by atoms with van der Waals surface area (Å²) in [7, 11) is -4.33. The average Bonchev–Trinajstić information content (AvgIpc) is 3.16. The number of fused-ring (bicyclic) bond motifs is 1. The highest BCUT2D eigenvalue weighted by Gasteiger charge is 2.34. The van der Waals surface area contributed by atoms with Gasteiger partial charge in [0.2, 0.25) is 10.0 Å². The largest absolute Gasteiger partial charge is 0.480 e. The summed E-state index contributed by atoms with van der Waals surface area (Å²) in [4.78, 5) is 10.5. The van der Waals surface area contributed by atoms with Crippen LogP contribution in [0.1, 0.15) is 35.7 Å². The fourth-order valence-electron chi connectivity index (χ4n) is 3.98. The monoisotopic (exact) mass is 479 g/mol. The molecule has 33 heavy (non-hydrogen) atoms. The van der Waals surface area contributed by atoms with Gasteiger partial charge in [-0.3, -0.25) is 9.48 Å². The number of sulfonamides is 1. The molecule has 4 rings (SSSR count). The lowest BCUT2D eigenvalue weighted by Gasteiger charge is -2.24. The first-order chi connectivity index (χ1) is 15.5. The van der Waals surface area contributed by atoms with Crippen molar-refractivity contribution < 1.29 is 31.5 Å². The number of alkyl halides is 3. The van der Waals surface area contributed by atoms with Crippen molar-refractivity contribution in [2.75, 3.05) is 0 Å². The lowest BCUT2D eigenvalue weighted by atomic mass is 9.94. The van der Waals surface area contributed by atoms with Crippen molar-refractivity contribution in [3.05, 3.63) is 71.5 Å². The molecule has 0 aliphatic heterocycles. The Morgan fingerprint density at radius 2 is 1.88 bits per heavy atom. The normalized spacial score (nSPS) is 16.4. The minimum absolute atomic E-state index is 0.129. The van der Waals surface area contributed by atoms with Gasteiger partial charge in [-0.05, 0) is 48.6 Å². The van der Waals surface area contributed by atoms with E-state index in [4.69, 9.17) is 5.11 Å². The van der Waals surface area contributed by atoms with E-state index in [1.54, 1.807) is 30.3 Å². The maximum Gasteiger partial charge on any atom is 0.416 e. The van der Waals surface area contributed by atoms with Crippen molar-refractivity contribution in [2.24, 2.45) is 0 Å². The van der Waals surface area contributed by atoms with Crippen LogP contribution in [-0.2, 0) is 34.0 Å². The molecule has 0 saturated carbocycles. The number of hydrogen-bond acceptors (Lipinski definition) is 4. The molecule has 1 aliphatic carbocycles. The second kappa shape index (κ2) is 8.64. The topological polar surface area (TPSA) is 101 Å². The number of benzene rings is 2. The van der Waals surface area contributed by atoms with Crippen molar-refractivity contribution in [3.8, 4) is 11.1 Å². The van der Waals surface area contributed by atoms with Gasteiger partial charge in [0.05, 0.1) is 22.7 Å². The molecule has 0 radical (unpaired) electrons. The molecule has 1 atom stereocenters. The van der Waals surface area contributed by atoms with Crippen molar-refractivity contribution in [2.45, 2.75) is 42.9 Å². The lowest BCUT2D eigenvalue weighted by molar-refractivity contribution is -0.138. The molecule has 0 amide bonds. The molecule has 2 aromatic carbocycles. The highest BCUT2D eigenvalue weighted by Crippen LogP contribution is 2.36. The van der Waals surface area contributed by atoms with E-state index >= 15 is 0 Å². The first-order valence-corrected chi connectivity index (χ1v) is 11.6. The van der Waals surface area contributed by atoms with Crippen LogP contribution in [0.3, 0.4) is 0 Å². The molecule has 0 spiro atoms. The molecule has 1 heterocycles. The summed E-state index contributed by atoms with van der Waals surface area (Å²) >= 11 is 0. The maximum atomic E-state index is 13.5. The molecule has 3 aromatic rings. The van der Waals surface area contributed by atoms with Crippen LogP contribution < -0.4 is 4.72 Å². The molecular formula is C22H20F3N3O4S. The number of rotatable bonds is 6. The van der Waals surface area contributed by atoms with Gasteiger partial charge in [0.15, 0.2) is 0 Å². The summed E-state index contributed by atoms with van der Waals surface area (Å²) in [6.07, 6.45) is -1.81. The SMILES string of the molecule is O=C(O)Cn1ncc2c1CCCC2NS(=O)(=O)c1cc(-c2ccccc2)cc(C(F)(F)F)c1. The lowest BCUT2D eigenvalue weighted by Crippen LogP contribution is -2.31. The predicted octanol–water partition coefficient (Wildman–Crippen LogP) is 4.01. The van der Waals surface area contributed by atoms with Crippen molar-refractivity contribution in [1.29, 1.82) is 0 Å². The van der Waals surface area contributed by atoms with Crippen LogP contribution in [-0.4, -0.2) is 29.3 Å². The second-order valence-corrected chi connectivity index (χ2v) is 9.49. The van der Waals surface area contributed by atoms with Gasteiger partial charge >= 0.3 is 12.1 Å². The van der Waals surface area contributed by atoms with E-state index in [9.17, 15) is 26.4 Å². The Labute approximate surface area is 187 Å². The first-order valence-electron chi connectivity index (χ1n) is 10.1. The summed E-state index contributed by atoms with van der Waals surface area (Å²) in [5.74, 6) is -1.08. The van der Waals surface area contributed by atoms with Crippen molar-refractivity contribution in [3.63, 3.8) is 0 Å². The highest BCUT2D eigenvalue weighted by molar-refractivity contribution is 7.89. The summed E-state index contributed by atoms with van der Waals surface area (Å²) in [6.45, 7) is -0.358. The van der Waals surface area contributed by atoms with Crippen LogP contribution in [0.2, 0.25) is 0 Å². The molecule has 1 aromatic heterocycles.